The van der Waals surface area contributed by atoms with Crippen LogP contribution in [-0.2, 0) is 9.59 Å². The molecule has 34 heavy (non-hydrogen) atoms. The van der Waals surface area contributed by atoms with Crippen molar-refractivity contribution in [3.8, 4) is 0 Å². The maximum Gasteiger partial charge on any atom is 0.248 e. The molecule has 2 aliphatic carbocycles. The van der Waals surface area contributed by atoms with Gasteiger partial charge in [-0.2, -0.15) is 0 Å². The van der Waals surface area contributed by atoms with E-state index in [0.29, 0.717) is 30.5 Å². The Labute approximate surface area is 198 Å². The molecule has 3 fully saturated rings. The maximum absolute atomic E-state index is 13.8. The van der Waals surface area contributed by atoms with E-state index in [2.05, 4.69) is 25.8 Å². The molecule has 11 nitrogen and oxygen atoms in total. The van der Waals surface area contributed by atoms with Gasteiger partial charge in [-0.3, -0.25) is 9.59 Å². The fraction of sp³-hybridized carbons (Fsp3) is 0.739. The van der Waals surface area contributed by atoms with Gasteiger partial charge in [0.15, 0.2) is 0 Å². The highest BCUT2D eigenvalue weighted by molar-refractivity contribution is 5.90. The van der Waals surface area contributed by atoms with E-state index in [0.717, 1.165) is 18.5 Å². The number of aliphatic hydroxyl groups excluding tert-OH is 1. The van der Waals surface area contributed by atoms with Crippen LogP contribution in [0.25, 0.3) is 0 Å². The molecule has 2 aromatic heterocycles. The van der Waals surface area contributed by atoms with Gasteiger partial charge in [-0.25, -0.2) is 4.68 Å². The zero-order valence-corrected chi connectivity index (χ0v) is 20.1. The number of rotatable bonds is 6. The second-order valence-corrected chi connectivity index (χ2v) is 11.1. The molecule has 0 aromatic carbocycles. The highest BCUT2D eigenvalue weighted by Crippen LogP contribution is 2.40. The number of nitrogens with zero attached hydrogens (tertiary/aromatic N) is 6. The first-order chi connectivity index (χ1) is 16.1. The lowest BCUT2D eigenvalue weighted by Crippen LogP contribution is -2.53. The van der Waals surface area contributed by atoms with Crippen molar-refractivity contribution in [3.63, 3.8) is 0 Å². The average molecular weight is 472 g/mol. The number of β-amino-alcohol motifs (C(OH)–C–C–N with tert-alkyl or cyclic N) is 1. The fourth-order valence-electron chi connectivity index (χ4n) is 5.04. The number of hydrogen-bond donors (Lipinski definition) is 2. The van der Waals surface area contributed by atoms with Crippen LogP contribution in [0.15, 0.2) is 10.6 Å². The molecule has 11 heteroatoms. The summed E-state index contributed by atoms with van der Waals surface area (Å²) in [4.78, 5) is 28.5. The molecule has 0 spiro atoms. The van der Waals surface area contributed by atoms with E-state index < -0.39 is 23.6 Å². The minimum Gasteiger partial charge on any atom is -0.425 e. The number of carbonyl (C=O) groups is 2. The van der Waals surface area contributed by atoms with Gasteiger partial charge in [0.1, 0.15) is 12.1 Å². The molecule has 2 aromatic rings. The van der Waals surface area contributed by atoms with E-state index in [1.807, 2.05) is 27.0 Å². The van der Waals surface area contributed by atoms with Crippen molar-refractivity contribution >= 4 is 11.8 Å². The Morgan fingerprint density at radius 1 is 1.15 bits per heavy atom. The van der Waals surface area contributed by atoms with Crippen molar-refractivity contribution in [2.45, 2.75) is 95.9 Å². The monoisotopic (exact) mass is 471 g/mol. The Hall–Kier alpha value is -2.82. The van der Waals surface area contributed by atoms with Crippen LogP contribution in [0.4, 0.5) is 0 Å². The Morgan fingerprint density at radius 2 is 1.88 bits per heavy atom. The van der Waals surface area contributed by atoms with E-state index in [-0.39, 0.29) is 36.7 Å². The number of aromatic nitrogens is 5. The Kier molecular flexibility index (Phi) is 5.70. The molecule has 2 unspecified atom stereocenters. The third-order valence-electron chi connectivity index (χ3n) is 7.08. The molecule has 3 aliphatic rings. The van der Waals surface area contributed by atoms with Crippen molar-refractivity contribution in [1.29, 1.82) is 0 Å². The fourth-order valence-corrected chi connectivity index (χ4v) is 5.04. The minimum atomic E-state index is -0.742. The Morgan fingerprint density at radius 3 is 2.50 bits per heavy atom. The highest BCUT2D eigenvalue weighted by atomic mass is 16.4. The van der Waals surface area contributed by atoms with Gasteiger partial charge in [-0.05, 0) is 31.1 Å². The van der Waals surface area contributed by atoms with Gasteiger partial charge in [0.25, 0.3) is 0 Å². The first kappa shape index (κ1) is 22.9. The number of hydrogen-bond acceptors (Lipinski definition) is 8. The van der Waals surface area contributed by atoms with Crippen LogP contribution < -0.4 is 5.32 Å². The molecule has 5 rings (SSSR count). The summed E-state index contributed by atoms with van der Waals surface area (Å²) in [5, 5.41) is 29.9. The lowest BCUT2D eigenvalue weighted by atomic mass is 9.80. The van der Waals surface area contributed by atoms with Crippen molar-refractivity contribution in [2.75, 3.05) is 6.54 Å². The van der Waals surface area contributed by atoms with Crippen LogP contribution in [0.3, 0.4) is 0 Å². The van der Waals surface area contributed by atoms with E-state index in [1.54, 1.807) is 11.6 Å². The molecule has 0 bridgehead atoms. The van der Waals surface area contributed by atoms with Gasteiger partial charge in [-0.15, -0.1) is 15.3 Å². The Balaban J connectivity index is 1.27. The Bertz CT molecular complexity index is 1060. The van der Waals surface area contributed by atoms with E-state index in [1.165, 1.54) is 4.90 Å². The second-order valence-electron chi connectivity index (χ2n) is 11.1. The third kappa shape index (κ3) is 4.45. The predicted molar refractivity (Wildman–Crippen MR) is 120 cm³/mol. The molecule has 2 saturated carbocycles. The van der Waals surface area contributed by atoms with Gasteiger partial charge >= 0.3 is 0 Å². The first-order valence-corrected chi connectivity index (χ1v) is 12.1. The van der Waals surface area contributed by atoms with Crippen LogP contribution in [0, 0.1) is 12.3 Å². The third-order valence-corrected chi connectivity index (χ3v) is 7.08. The number of amides is 2. The van der Waals surface area contributed by atoms with Gasteiger partial charge in [0.2, 0.25) is 23.6 Å². The molecule has 3 heterocycles. The van der Waals surface area contributed by atoms with E-state index in [9.17, 15) is 14.7 Å². The first-order valence-electron chi connectivity index (χ1n) is 12.1. The van der Waals surface area contributed by atoms with Crippen LogP contribution >= 0.6 is 0 Å². The zero-order chi connectivity index (χ0) is 24.2. The van der Waals surface area contributed by atoms with Crippen LogP contribution in [-0.4, -0.2) is 71.7 Å². The predicted octanol–water partition coefficient (Wildman–Crippen LogP) is 1.46. The molecule has 0 radical (unpaired) electrons. The summed E-state index contributed by atoms with van der Waals surface area (Å²) in [6.45, 7) is 7.81. The summed E-state index contributed by atoms with van der Waals surface area (Å²) in [6.07, 6.45) is 4.96. The molecule has 184 valence electrons. The molecule has 3 atom stereocenters. The lowest BCUT2D eigenvalue weighted by molar-refractivity contribution is -0.144. The summed E-state index contributed by atoms with van der Waals surface area (Å²) < 4.78 is 7.13. The standard InChI is InChI=1S/C23H33N7O4/c1-12-25-27-21(34-12)14-7-15(8-14)24-20(32)18-9-16(31)10-29(18)22(33)19(23(2,3)4)30-11-17(26-28-30)13-5-6-13/h11,13-16,18-19,31H,5-10H2,1-4H3,(H,24,32)/t14?,15?,16?,18?,19-/m1/s1. The van der Waals surface area contributed by atoms with Crippen molar-refractivity contribution in [3.05, 3.63) is 23.7 Å². The largest absolute Gasteiger partial charge is 0.425 e. The molecule has 1 saturated heterocycles. The van der Waals surface area contributed by atoms with Gasteiger partial charge in [0.05, 0.1) is 11.8 Å². The SMILES string of the molecule is Cc1nnc(C2CC(NC(=O)C3CC(O)CN3C(=O)[C@@H](n3cc(C4CC4)nn3)C(C)(C)C)C2)o1. The van der Waals surface area contributed by atoms with E-state index >= 15 is 0 Å². The zero-order valence-electron chi connectivity index (χ0n) is 20.1. The second kappa shape index (κ2) is 8.44. The van der Waals surface area contributed by atoms with Gasteiger partial charge in [-0.1, -0.05) is 26.0 Å². The number of nitrogens with one attached hydrogen (secondary N) is 1. The number of carbonyl (C=O) groups excluding carboxylic acids is 2. The normalized spacial score (nSPS) is 28.0. The molecule has 2 N–H and O–H groups in total. The molecule has 2 amide bonds. The van der Waals surface area contributed by atoms with E-state index in [4.69, 9.17) is 4.42 Å². The van der Waals surface area contributed by atoms with Gasteiger partial charge < -0.3 is 19.7 Å². The number of likely N-dealkylation sites (tertiary alicyclic amines) is 1. The summed E-state index contributed by atoms with van der Waals surface area (Å²) in [5.74, 6) is 1.24. The summed E-state index contributed by atoms with van der Waals surface area (Å²) in [5.41, 5.74) is 0.456. The maximum atomic E-state index is 13.8. The van der Waals surface area contributed by atoms with Gasteiger partial charge in [0, 0.05) is 44.0 Å². The highest BCUT2D eigenvalue weighted by Gasteiger charge is 2.46. The number of aliphatic hydroxyl groups is 1. The quantitative estimate of drug-likeness (QED) is 0.645. The van der Waals surface area contributed by atoms with Crippen molar-refractivity contribution in [2.24, 2.45) is 5.41 Å². The molecular formula is C23H33N7O4. The summed E-state index contributed by atoms with van der Waals surface area (Å²) in [6, 6.07) is -1.36. The minimum absolute atomic E-state index is 0.0192. The molecule has 1 aliphatic heterocycles. The smallest absolute Gasteiger partial charge is 0.248 e. The summed E-state index contributed by atoms with van der Waals surface area (Å²) in [7, 11) is 0. The molecular weight excluding hydrogens is 438 g/mol. The van der Waals surface area contributed by atoms with Crippen LogP contribution in [0.5, 0.6) is 0 Å². The van der Waals surface area contributed by atoms with Crippen molar-refractivity contribution < 1.29 is 19.1 Å². The summed E-state index contributed by atoms with van der Waals surface area (Å²) >= 11 is 0. The topological polar surface area (TPSA) is 139 Å². The lowest BCUT2D eigenvalue weighted by Gasteiger charge is -2.37. The average Bonchev–Trinajstić information content (AvgIpc) is 3.11. The van der Waals surface area contributed by atoms with Crippen LogP contribution in [0.1, 0.15) is 88.2 Å². The van der Waals surface area contributed by atoms with Crippen molar-refractivity contribution in [1.82, 2.24) is 35.4 Å². The van der Waals surface area contributed by atoms with Crippen LogP contribution in [0.2, 0.25) is 0 Å². The number of aryl methyl sites for hydroxylation is 1.